The van der Waals surface area contributed by atoms with Crippen molar-refractivity contribution in [2.24, 2.45) is 23.2 Å². The third kappa shape index (κ3) is 6.52. The van der Waals surface area contributed by atoms with E-state index in [0.29, 0.717) is 51.5 Å². The SMILES string of the molecule is COCCCN1C(=O)C(C)(C)Cc2ccc(N(C(=O)[C@H]3CNC[C@@H](C(=O)NCC4CCOCC4)C3)C3CC3)cc21. The first kappa shape index (κ1) is 29.0. The standard InChI is InChI=1S/C31H46N4O5/c1-31(2)17-22-5-6-26(16-27(22)34(30(31)38)11-4-12-39-3)35(25-7-8-25)29(37)24-15-23(19-32-20-24)28(36)33-18-21-9-13-40-14-10-21/h5-6,16,21,23-25,32H,4,7-15,17-20H2,1-3H3,(H,33,36)/t23-,24+/m0/s1. The number of piperidine rings is 1. The third-order valence-corrected chi connectivity index (χ3v) is 8.95. The summed E-state index contributed by atoms with van der Waals surface area (Å²) >= 11 is 0. The molecule has 5 rings (SSSR count). The highest BCUT2D eigenvalue weighted by Gasteiger charge is 2.42. The Morgan fingerprint density at radius 3 is 2.62 bits per heavy atom. The van der Waals surface area contributed by atoms with Crippen molar-refractivity contribution in [3.63, 3.8) is 0 Å². The molecule has 1 aliphatic carbocycles. The minimum absolute atomic E-state index is 0.0380. The molecule has 0 unspecified atom stereocenters. The number of benzene rings is 1. The van der Waals surface area contributed by atoms with E-state index in [1.165, 1.54) is 0 Å². The molecule has 3 amide bonds. The molecule has 2 N–H and O–H groups in total. The van der Waals surface area contributed by atoms with Gasteiger partial charge in [-0.05, 0) is 68.6 Å². The Hall–Kier alpha value is -2.49. The lowest BCUT2D eigenvalue weighted by molar-refractivity contribution is -0.129. The molecule has 0 aromatic heterocycles. The summed E-state index contributed by atoms with van der Waals surface area (Å²) in [4.78, 5) is 44.3. The van der Waals surface area contributed by atoms with Gasteiger partial charge in [-0.3, -0.25) is 14.4 Å². The molecular weight excluding hydrogens is 508 g/mol. The second-order valence-electron chi connectivity index (χ2n) is 12.7. The van der Waals surface area contributed by atoms with Gasteiger partial charge in [0.05, 0.1) is 11.8 Å². The molecule has 3 heterocycles. The van der Waals surface area contributed by atoms with Gasteiger partial charge in [0.25, 0.3) is 0 Å². The first-order valence-corrected chi connectivity index (χ1v) is 15.1. The molecule has 2 saturated heterocycles. The van der Waals surface area contributed by atoms with Crippen molar-refractivity contribution in [2.75, 3.05) is 62.9 Å². The van der Waals surface area contributed by atoms with E-state index in [-0.39, 0.29) is 35.6 Å². The van der Waals surface area contributed by atoms with Gasteiger partial charge in [-0.1, -0.05) is 19.9 Å². The number of anilines is 2. The molecule has 220 valence electrons. The van der Waals surface area contributed by atoms with Crippen LogP contribution < -0.4 is 20.4 Å². The van der Waals surface area contributed by atoms with Crippen LogP contribution >= 0.6 is 0 Å². The van der Waals surface area contributed by atoms with Crippen LogP contribution in [0.2, 0.25) is 0 Å². The summed E-state index contributed by atoms with van der Waals surface area (Å²) in [6.45, 7) is 8.55. The van der Waals surface area contributed by atoms with Gasteiger partial charge in [0.1, 0.15) is 0 Å². The van der Waals surface area contributed by atoms with Gasteiger partial charge in [0, 0.05) is 75.9 Å². The van der Waals surface area contributed by atoms with Gasteiger partial charge in [0.2, 0.25) is 17.7 Å². The van der Waals surface area contributed by atoms with Crippen molar-refractivity contribution in [3.8, 4) is 0 Å². The molecule has 4 aliphatic rings. The predicted molar refractivity (Wildman–Crippen MR) is 154 cm³/mol. The number of nitrogens with zero attached hydrogens (tertiary/aromatic N) is 2. The van der Waals surface area contributed by atoms with Crippen LogP contribution in [0.15, 0.2) is 18.2 Å². The molecule has 40 heavy (non-hydrogen) atoms. The highest BCUT2D eigenvalue weighted by molar-refractivity contribution is 6.02. The maximum absolute atomic E-state index is 14.0. The number of hydrogen-bond donors (Lipinski definition) is 2. The largest absolute Gasteiger partial charge is 0.385 e. The molecule has 3 fully saturated rings. The molecular formula is C31H46N4O5. The molecule has 0 bridgehead atoms. The maximum atomic E-state index is 14.0. The fraction of sp³-hybridized carbons (Fsp3) is 0.710. The van der Waals surface area contributed by atoms with Crippen LogP contribution in [-0.2, 0) is 30.3 Å². The van der Waals surface area contributed by atoms with Gasteiger partial charge in [-0.25, -0.2) is 0 Å². The number of amides is 3. The average Bonchev–Trinajstić information content (AvgIpc) is 3.80. The lowest BCUT2D eigenvalue weighted by Crippen LogP contribution is -2.50. The summed E-state index contributed by atoms with van der Waals surface area (Å²) in [5, 5.41) is 6.50. The molecule has 0 spiro atoms. The van der Waals surface area contributed by atoms with E-state index in [1.807, 2.05) is 35.8 Å². The highest BCUT2D eigenvalue weighted by atomic mass is 16.5. The Morgan fingerprint density at radius 2 is 1.90 bits per heavy atom. The number of ether oxygens (including phenoxy) is 2. The normalized spacial score (nSPS) is 24.9. The van der Waals surface area contributed by atoms with E-state index in [9.17, 15) is 14.4 Å². The molecule has 0 radical (unpaired) electrons. The van der Waals surface area contributed by atoms with Crippen molar-refractivity contribution >= 4 is 29.1 Å². The van der Waals surface area contributed by atoms with E-state index in [0.717, 1.165) is 62.3 Å². The third-order valence-electron chi connectivity index (χ3n) is 8.95. The molecule has 1 saturated carbocycles. The molecule has 9 nitrogen and oxygen atoms in total. The van der Waals surface area contributed by atoms with Crippen LogP contribution in [0.4, 0.5) is 11.4 Å². The van der Waals surface area contributed by atoms with Gasteiger partial charge in [-0.2, -0.15) is 0 Å². The smallest absolute Gasteiger partial charge is 0.232 e. The summed E-state index contributed by atoms with van der Waals surface area (Å²) < 4.78 is 10.7. The van der Waals surface area contributed by atoms with E-state index >= 15 is 0 Å². The number of carbonyl (C=O) groups is 3. The molecule has 2 atom stereocenters. The molecule has 1 aromatic carbocycles. The van der Waals surface area contributed by atoms with Crippen LogP contribution in [0.3, 0.4) is 0 Å². The Labute approximate surface area is 238 Å². The van der Waals surface area contributed by atoms with Gasteiger partial charge >= 0.3 is 0 Å². The first-order chi connectivity index (χ1) is 19.3. The summed E-state index contributed by atoms with van der Waals surface area (Å²) in [7, 11) is 1.67. The first-order valence-electron chi connectivity index (χ1n) is 15.1. The van der Waals surface area contributed by atoms with E-state index in [4.69, 9.17) is 9.47 Å². The predicted octanol–water partition coefficient (Wildman–Crippen LogP) is 2.90. The Bertz CT molecular complexity index is 1080. The Morgan fingerprint density at radius 1 is 1.15 bits per heavy atom. The van der Waals surface area contributed by atoms with Gasteiger partial charge < -0.3 is 29.9 Å². The van der Waals surface area contributed by atoms with E-state index in [1.54, 1.807) is 7.11 Å². The lowest BCUT2D eigenvalue weighted by atomic mass is 9.80. The van der Waals surface area contributed by atoms with Crippen molar-refractivity contribution < 1.29 is 23.9 Å². The minimum Gasteiger partial charge on any atom is -0.385 e. The lowest BCUT2D eigenvalue weighted by Gasteiger charge is -2.40. The van der Waals surface area contributed by atoms with Crippen LogP contribution in [0.1, 0.15) is 57.9 Å². The van der Waals surface area contributed by atoms with Crippen LogP contribution in [0.25, 0.3) is 0 Å². The molecule has 9 heteroatoms. The van der Waals surface area contributed by atoms with Crippen LogP contribution in [0, 0.1) is 23.2 Å². The fourth-order valence-corrected chi connectivity index (χ4v) is 6.44. The van der Waals surface area contributed by atoms with E-state index < -0.39 is 5.41 Å². The van der Waals surface area contributed by atoms with Crippen molar-refractivity contribution in [1.82, 2.24) is 10.6 Å². The number of fused-ring (bicyclic) bond motifs is 1. The second-order valence-corrected chi connectivity index (χ2v) is 12.7. The molecule has 3 aliphatic heterocycles. The quantitative estimate of drug-likeness (QED) is 0.432. The van der Waals surface area contributed by atoms with Crippen LogP contribution in [0.5, 0.6) is 0 Å². The fourth-order valence-electron chi connectivity index (χ4n) is 6.44. The van der Waals surface area contributed by atoms with Crippen molar-refractivity contribution in [2.45, 2.75) is 64.8 Å². The number of rotatable bonds is 10. The van der Waals surface area contributed by atoms with Crippen molar-refractivity contribution in [1.29, 1.82) is 0 Å². The number of methoxy groups -OCH3 is 1. The molecule has 1 aromatic rings. The Balaban J connectivity index is 1.30. The Kier molecular flexibility index (Phi) is 9.12. The zero-order valence-electron chi connectivity index (χ0n) is 24.4. The van der Waals surface area contributed by atoms with Crippen molar-refractivity contribution in [3.05, 3.63) is 23.8 Å². The van der Waals surface area contributed by atoms with Crippen LogP contribution in [-0.4, -0.2) is 76.9 Å². The zero-order chi connectivity index (χ0) is 28.3. The summed E-state index contributed by atoms with van der Waals surface area (Å²) in [6, 6.07) is 6.35. The number of hydrogen-bond acceptors (Lipinski definition) is 6. The topological polar surface area (TPSA) is 100 Å². The zero-order valence-corrected chi connectivity index (χ0v) is 24.4. The van der Waals surface area contributed by atoms with Gasteiger partial charge in [0.15, 0.2) is 0 Å². The monoisotopic (exact) mass is 554 g/mol. The number of nitrogens with one attached hydrogen (secondary N) is 2. The second kappa shape index (κ2) is 12.6. The summed E-state index contributed by atoms with van der Waals surface area (Å²) in [6.07, 6.45) is 5.89. The summed E-state index contributed by atoms with van der Waals surface area (Å²) in [5.41, 5.74) is 2.42. The average molecular weight is 555 g/mol. The highest BCUT2D eigenvalue weighted by Crippen LogP contribution is 2.42. The minimum atomic E-state index is -0.471. The summed E-state index contributed by atoms with van der Waals surface area (Å²) in [5.74, 6) is 0.211. The number of carbonyl (C=O) groups excluding carboxylic acids is 3. The maximum Gasteiger partial charge on any atom is 0.232 e. The van der Waals surface area contributed by atoms with Gasteiger partial charge in [-0.15, -0.1) is 0 Å². The van der Waals surface area contributed by atoms with E-state index in [2.05, 4.69) is 16.7 Å².